The highest BCUT2D eigenvalue weighted by Gasteiger charge is 2.33. The van der Waals surface area contributed by atoms with Crippen LogP contribution in [0.5, 0.6) is 0 Å². The summed E-state index contributed by atoms with van der Waals surface area (Å²) in [6, 6.07) is 5.18. The highest BCUT2D eigenvalue weighted by molar-refractivity contribution is 7.92. The molecule has 1 amide bonds. The first kappa shape index (κ1) is 22.0. The van der Waals surface area contributed by atoms with Crippen molar-refractivity contribution in [2.45, 2.75) is 69.7 Å². The van der Waals surface area contributed by atoms with E-state index in [1.54, 1.807) is 6.92 Å². The fourth-order valence-corrected chi connectivity index (χ4v) is 5.90. The molecule has 9 heteroatoms. The molecule has 0 radical (unpaired) electrons. The molecule has 1 aliphatic rings. The standard InChI is InChI=1S/C21H28N4O4S/c1-13-8-9-16(15(3)24-13)11-23-19(26)12-25-14(2)10-18(20(22)21(25)27)30(28,29)17-6-4-5-7-17/h8-10,17H,4-7,11-12,22H2,1-3H3,(H,23,26). The quantitative estimate of drug-likeness (QED) is 0.717. The van der Waals surface area contributed by atoms with E-state index < -0.39 is 20.6 Å². The number of aromatic nitrogens is 2. The number of anilines is 1. The van der Waals surface area contributed by atoms with Crippen molar-refractivity contribution in [3.05, 3.63) is 51.2 Å². The zero-order valence-electron chi connectivity index (χ0n) is 17.6. The Morgan fingerprint density at radius 1 is 1.23 bits per heavy atom. The summed E-state index contributed by atoms with van der Waals surface area (Å²) in [6.45, 7) is 5.42. The van der Waals surface area contributed by atoms with E-state index in [0.29, 0.717) is 18.5 Å². The summed E-state index contributed by atoms with van der Waals surface area (Å²) in [6.07, 6.45) is 2.88. The first-order chi connectivity index (χ1) is 14.1. The number of pyridine rings is 2. The van der Waals surface area contributed by atoms with Gasteiger partial charge in [0, 0.05) is 23.6 Å². The minimum Gasteiger partial charge on any atom is -0.393 e. The maximum Gasteiger partial charge on any atom is 0.275 e. The summed E-state index contributed by atoms with van der Waals surface area (Å²) < 4.78 is 27.0. The van der Waals surface area contributed by atoms with Crippen LogP contribution in [0.4, 0.5) is 5.69 Å². The van der Waals surface area contributed by atoms with E-state index in [4.69, 9.17) is 5.73 Å². The smallest absolute Gasteiger partial charge is 0.275 e. The van der Waals surface area contributed by atoms with E-state index in [9.17, 15) is 18.0 Å². The zero-order valence-corrected chi connectivity index (χ0v) is 18.4. The monoisotopic (exact) mass is 432 g/mol. The third-order valence-corrected chi connectivity index (χ3v) is 7.97. The number of nitrogens with zero attached hydrogens (tertiary/aromatic N) is 2. The average molecular weight is 433 g/mol. The summed E-state index contributed by atoms with van der Waals surface area (Å²) in [5.41, 5.74) is 7.94. The lowest BCUT2D eigenvalue weighted by molar-refractivity contribution is -0.121. The second-order valence-corrected chi connectivity index (χ2v) is 10.1. The summed E-state index contributed by atoms with van der Waals surface area (Å²) in [4.78, 5) is 29.4. The maximum atomic E-state index is 12.9. The van der Waals surface area contributed by atoms with Gasteiger partial charge in [0.1, 0.15) is 12.2 Å². The van der Waals surface area contributed by atoms with Crippen LogP contribution in [0.3, 0.4) is 0 Å². The van der Waals surface area contributed by atoms with Crippen molar-refractivity contribution in [1.82, 2.24) is 14.9 Å². The Labute approximate surface area is 176 Å². The molecule has 1 saturated carbocycles. The highest BCUT2D eigenvalue weighted by Crippen LogP contribution is 2.31. The number of nitrogen functional groups attached to an aromatic ring is 1. The van der Waals surface area contributed by atoms with Crippen LogP contribution < -0.4 is 16.6 Å². The van der Waals surface area contributed by atoms with E-state index in [2.05, 4.69) is 10.3 Å². The van der Waals surface area contributed by atoms with Gasteiger partial charge in [0.2, 0.25) is 5.91 Å². The Morgan fingerprint density at radius 3 is 2.53 bits per heavy atom. The molecule has 1 aliphatic carbocycles. The minimum absolute atomic E-state index is 0.116. The molecule has 2 aromatic heterocycles. The van der Waals surface area contributed by atoms with Gasteiger partial charge in [-0.15, -0.1) is 0 Å². The normalized spacial score (nSPS) is 14.8. The SMILES string of the molecule is Cc1ccc(CNC(=O)Cn2c(C)cc(S(=O)(=O)C3CCCC3)c(N)c2=O)c(C)n1. The molecule has 0 saturated heterocycles. The van der Waals surface area contributed by atoms with Crippen LogP contribution in [0.15, 0.2) is 27.9 Å². The van der Waals surface area contributed by atoms with Gasteiger partial charge in [-0.3, -0.25) is 14.6 Å². The number of hydrogen-bond acceptors (Lipinski definition) is 6. The fraction of sp³-hybridized carbons (Fsp3) is 0.476. The molecule has 0 unspecified atom stereocenters. The lowest BCUT2D eigenvalue weighted by Crippen LogP contribution is -2.35. The van der Waals surface area contributed by atoms with Gasteiger partial charge in [-0.25, -0.2) is 8.42 Å². The molecule has 0 aromatic carbocycles. The van der Waals surface area contributed by atoms with E-state index >= 15 is 0 Å². The molecule has 2 heterocycles. The Hall–Kier alpha value is -2.68. The van der Waals surface area contributed by atoms with Gasteiger partial charge in [0.25, 0.3) is 5.56 Å². The Bertz CT molecular complexity index is 1130. The molecule has 0 atom stereocenters. The van der Waals surface area contributed by atoms with Gasteiger partial charge in [-0.1, -0.05) is 18.9 Å². The van der Waals surface area contributed by atoms with Crippen LogP contribution in [0.1, 0.15) is 48.3 Å². The second kappa shape index (κ2) is 8.59. The number of amides is 1. The number of sulfone groups is 1. The van der Waals surface area contributed by atoms with Crippen molar-refractivity contribution < 1.29 is 13.2 Å². The molecule has 3 rings (SSSR count). The van der Waals surface area contributed by atoms with Gasteiger partial charge in [-0.2, -0.15) is 0 Å². The van der Waals surface area contributed by atoms with Gasteiger partial charge >= 0.3 is 0 Å². The fourth-order valence-electron chi connectivity index (χ4n) is 3.86. The van der Waals surface area contributed by atoms with Crippen LogP contribution in [0.25, 0.3) is 0 Å². The molecule has 30 heavy (non-hydrogen) atoms. The average Bonchev–Trinajstić information content (AvgIpc) is 3.23. The van der Waals surface area contributed by atoms with Gasteiger partial charge < -0.3 is 15.6 Å². The lowest BCUT2D eigenvalue weighted by Gasteiger charge is -2.17. The Kier molecular flexibility index (Phi) is 6.30. The van der Waals surface area contributed by atoms with Gasteiger partial charge in [0.15, 0.2) is 9.84 Å². The Morgan fingerprint density at radius 2 is 1.90 bits per heavy atom. The maximum absolute atomic E-state index is 12.9. The van der Waals surface area contributed by atoms with E-state index in [1.807, 2.05) is 26.0 Å². The molecule has 3 N–H and O–H groups in total. The summed E-state index contributed by atoms with van der Waals surface area (Å²) in [5, 5.41) is 2.28. The Balaban J connectivity index is 1.79. The third kappa shape index (κ3) is 4.40. The molecule has 2 aromatic rings. The molecule has 162 valence electrons. The number of carbonyl (C=O) groups excluding carboxylic acids is 1. The van der Waals surface area contributed by atoms with Gasteiger partial charge in [-0.05, 0) is 51.3 Å². The summed E-state index contributed by atoms with van der Waals surface area (Å²) in [5.74, 6) is -0.369. The predicted molar refractivity (Wildman–Crippen MR) is 115 cm³/mol. The largest absolute Gasteiger partial charge is 0.393 e. The molecular weight excluding hydrogens is 404 g/mol. The molecular formula is C21H28N4O4S. The van der Waals surface area contributed by atoms with Crippen molar-refractivity contribution in [1.29, 1.82) is 0 Å². The van der Waals surface area contributed by atoms with Crippen LogP contribution in [0.2, 0.25) is 0 Å². The van der Waals surface area contributed by atoms with Crippen molar-refractivity contribution in [2.75, 3.05) is 5.73 Å². The predicted octanol–water partition coefficient (Wildman–Crippen LogP) is 1.78. The third-order valence-electron chi connectivity index (χ3n) is 5.67. The van der Waals surface area contributed by atoms with E-state index in [-0.39, 0.29) is 29.6 Å². The van der Waals surface area contributed by atoms with Crippen LogP contribution in [-0.4, -0.2) is 29.1 Å². The summed E-state index contributed by atoms with van der Waals surface area (Å²) >= 11 is 0. The molecule has 0 bridgehead atoms. The molecule has 0 spiro atoms. The van der Waals surface area contributed by atoms with Gasteiger partial charge in [0.05, 0.1) is 10.1 Å². The van der Waals surface area contributed by atoms with Crippen LogP contribution in [-0.2, 0) is 27.7 Å². The van der Waals surface area contributed by atoms with Crippen molar-refractivity contribution in [2.24, 2.45) is 0 Å². The van der Waals surface area contributed by atoms with Crippen LogP contribution in [0, 0.1) is 20.8 Å². The van der Waals surface area contributed by atoms with E-state index in [0.717, 1.165) is 29.8 Å². The van der Waals surface area contributed by atoms with Crippen molar-refractivity contribution in [3.63, 3.8) is 0 Å². The second-order valence-electron chi connectivity index (χ2n) is 7.88. The zero-order chi connectivity index (χ0) is 22.1. The number of hydrogen-bond donors (Lipinski definition) is 2. The topological polar surface area (TPSA) is 124 Å². The molecule has 0 aliphatic heterocycles. The number of nitrogens with two attached hydrogens (primary N) is 1. The number of rotatable bonds is 6. The molecule has 1 fully saturated rings. The summed E-state index contributed by atoms with van der Waals surface area (Å²) in [7, 11) is -3.66. The van der Waals surface area contributed by atoms with Crippen molar-refractivity contribution >= 4 is 21.4 Å². The first-order valence-corrected chi connectivity index (χ1v) is 11.6. The lowest BCUT2D eigenvalue weighted by atomic mass is 10.2. The number of carbonyl (C=O) groups is 1. The minimum atomic E-state index is -3.66. The first-order valence-electron chi connectivity index (χ1n) is 10.0. The number of nitrogens with one attached hydrogen (secondary N) is 1. The van der Waals surface area contributed by atoms with Crippen LogP contribution >= 0.6 is 0 Å². The highest BCUT2D eigenvalue weighted by atomic mass is 32.2. The molecule has 8 nitrogen and oxygen atoms in total. The van der Waals surface area contributed by atoms with Crippen molar-refractivity contribution in [3.8, 4) is 0 Å². The number of aryl methyl sites for hydroxylation is 3. The van der Waals surface area contributed by atoms with E-state index in [1.165, 1.54) is 10.6 Å².